The van der Waals surface area contributed by atoms with Gasteiger partial charge in [0.05, 0.1) is 28.3 Å². The highest BCUT2D eigenvalue weighted by molar-refractivity contribution is 9.10. The van der Waals surface area contributed by atoms with E-state index in [1.165, 1.54) is 29.7 Å². The average molecular weight is 610 g/mol. The van der Waals surface area contributed by atoms with Crippen LogP contribution in [0.3, 0.4) is 0 Å². The van der Waals surface area contributed by atoms with Crippen molar-refractivity contribution in [3.63, 3.8) is 0 Å². The summed E-state index contributed by atoms with van der Waals surface area (Å²) >= 11 is 3.53. The van der Waals surface area contributed by atoms with Crippen LogP contribution in [-0.4, -0.2) is 83.0 Å². The zero-order valence-corrected chi connectivity index (χ0v) is 22.2. The number of carbonyl (C=O) groups is 1. The second-order valence-electron chi connectivity index (χ2n) is 8.94. The van der Waals surface area contributed by atoms with Gasteiger partial charge in [-0.3, -0.25) is 4.90 Å². The number of fused-ring (bicyclic) bond motifs is 2. The SMILES string of the molecule is O=C(O)N1CCN(c2nc3c(Nc4ccc(Oc5ccn6ncnc6c5)cc4F)ncnc3cc2Br)CC1CO. The molecule has 1 amide bonds. The molecule has 0 aliphatic carbocycles. The van der Waals surface area contributed by atoms with Gasteiger partial charge in [-0.2, -0.15) is 5.10 Å². The number of anilines is 3. The maximum Gasteiger partial charge on any atom is 0.407 e. The molecular formula is C25H21BrFN9O4. The van der Waals surface area contributed by atoms with E-state index in [9.17, 15) is 15.0 Å². The summed E-state index contributed by atoms with van der Waals surface area (Å²) in [4.78, 5) is 32.0. The quantitative estimate of drug-likeness (QED) is 0.258. The van der Waals surface area contributed by atoms with Gasteiger partial charge < -0.3 is 25.2 Å². The lowest BCUT2D eigenvalue weighted by atomic mass is 10.2. The van der Waals surface area contributed by atoms with Crippen LogP contribution in [-0.2, 0) is 0 Å². The summed E-state index contributed by atoms with van der Waals surface area (Å²) in [5, 5.41) is 26.2. The van der Waals surface area contributed by atoms with Crippen molar-refractivity contribution in [2.24, 2.45) is 0 Å². The number of aliphatic hydroxyl groups excluding tert-OH is 1. The monoisotopic (exact) mass is 609 g/mol. The molecule has 1 fully saturated rings. The van der Waals surface area contributed by atoms with E-state index in [4.69, 9.17) is 9.72 Å². The van der Waals surface area contributed by atoms with Crippen LogP contribution in [0.1, 0.15) is 0 Å². The average Bonchev–Trinajstić information content (AvgIpc) is 3.42. The Kier molecular flexibility index (Phi) is 6.73. The van der Waals surface area contributed by atoms with Gasteiger partial charge >= 0.3 is 6.09 Å². The Bertz CT molecular complexity index is 1740. The first-order valence-corrected chi connectivity index (χ1v) is 12.9. The lowest BCUT2D eigenvalue weighted by Gasteiger charge is -2.40. The van der Waals surface area contributed by atoms with E-state index in [1.54, 1.807) is 35.0 Å². The van der Waals surface area contributed by atoms with E-state index in [0.29, 0.717) is 45.0 Å². The number of hydrogen-bond donors (Lipinski definition) is 3. The number of hydrogen-bond acceptors (Lipinski definition) is 10. The Morgan fingerprint density at radius 2 is 1.98 bits per heavy atom. The molecule has 1 unspecified atom stereocenters. The molecule has 13 nitrogen and oxygen atoms in total. The van der Waals surface area contributed by atoms with Crippen molar-refractivity contribution in [1.29, 1.82) is 0 Å². The zero-order valence-electron chi connectivity index (χ0n) is 20.6. The number of aromatic nitrogens is 6. The second kappa shape index (κ2) is 10.5. The van der Waals surface area contributed by atoms with E-state index < -0.39 is 18.0 Å². The van der Waals surface area contributed by atoms with Crippen molar-refractivity contribution in [2.45, 2.75) is 6.04 Å². The number of benzene rings is 1. The molecule has 1 aromatic carbocycles. The summed E-state index contributed by atoms with van der Waals surface area (Å²) in [6, 6.07) is 8.96. The normalized spacial score (nSPS) is 15.5. The summed E-state index contributed by atoms with van der Waals surface area (Å²) in [7, 11) is 0. The molecule has 0 spiro atoms. The van der Waals surface area contributed by atoms with Crippen molar-refractivity contribution >= 4 is 56.0 Å². The second-order valence-corrected chi connectivity index (χ2v) is 9.79. The highest BCUT2D eigenvalue weighted by atomic mass is 79.9. The largest absolute Gasteiger partial charge is 0.465 e. The molecule has 0 radical (unpaired) electrons. The molecule has 40 heavy (non-hydrogen) atoms. The van der Waals surface area contributed by atoms with Crippen molar-refractivity contribution in [3.05, 3.63) is 65.5 Å². The van der Waals surface area contributed by atoms with Crippen molar-refractivity contribution < 1.29 is 24.1 Å². The highest BCUT2D eigenvalue weighted by Crippen LogP contribution is 2.33. The van der Waals surface area contributed by atoms with E-state index in [2.05, 4.69) is 41.3 Å². The predicted molar refractivity (Wildman–Crippen MR) is 146 cm³/mol. The molecule has 5 heterocycles. The number of rotatable bonds is 6. The van der Waals surface area contributed by atoms with Gasteiger partial charge in [0, 0.05) is 38.0 Å². The van der Waals surface area contributed by atoms with Crippen molar-refractivity contribution in [1.82, 2.24) is 34.4 Å². The number of ether oxygens (including phenoxy) is 1. The third-order valence-electron chi connectivity index (χ3n) is 6.47. The molecule has 204 valence electrons. The van der Waals surface area contributed by atoms with E-state index >= 15 is 4.39 Å². The molecule has 1 atom stereocenters. The molecule has 4 aromatic heterocycles. The molecule has 3 N–H and O–H groups in total. The highest BCUT2D eigenvalue weighted by Gasteiger charge is 2.31. The van der Waals surface area contributed by atoms with Crippen LogP contribution >= 0.6 is 15.9 Å². The van der Waals surface area contributed by atoms with Gasteiger partial charge in [0.2, 0.25) is 0 Å². The number of piperazine rings is 1. The fourth-order valence-electron chi connectivity index (χ4n) is 4.51. The number of carboxylic acid groups (broad SMARTS) is 1. The van der Waals surface area contributed by atoms with Gasteiger partial charge in [0.1, 0.15) is 41.3 Å². The molecule has 1 saturated heterocycles. The first-order valence-electron chi connectivity index (χ1n) is 12.1. The van der Waals surface area contributed by atoms with Gasteiger partial charge in [-0.05, 0) is 40.2 Å². The molecule has 0 bridgehead atoms. The summed E-state index contributed by atoms with van der Waals surface area (Å²) in [6.07, 6.45) is 3.39. The van der Waals surface area contributed by atoms with Crippen LogP contribution < -0.4 is 15.0 Å². The maximum absolute atomic E-state index is 15.1. The Balaban J connectivity index is 1.26. The molecule has 0 saturated carbocycles. The van der Waals surface area contributed by atoms with Crippen LogP contribution in [0.25, 0.3) is 16.7 Å². The minimum Gasteiger partial charge on any atom is -0.465 e. The fourth-order valence-corrected chi connectivity index (χ4v) is 5.06. The third kappa shape index (κ3) is 4.91. The number of halogens is 2. The maximum atomic E-state index is 15.1. The summed E-state index contributed by atoms with van der Waals surface area (Å²) < 4.78 is 23.2. The lowest BCUT2D eigenvalue weighted by Crippen LogP contribution is -2.56. The van der Waals surface area contributed by atoms with Gasteiger partial charge in [0.25, 0.3) is 0 Å². The first-order chi connectivity index (χ1) is 19.4. The Labute approximate surface area is 234 Å². The van der Waals surface area contributed by atoms with Crippen LogP contribution in [0.5, 0.6) is 11.5 Å². The van der Waals surface area contributed by atoms with Crippen LogP contribution in [0.4, 0.5) is 26.5 Å². The van der Waals surface area contributed by atoms with Crippen molar-refractivity contribution in [2.75, 3.05) is 36.5 Å². The molecule has 5 aromatic rings. The molecular weight excluding hydrogens is 589 g/mol. The first kappa shape index (κ1) is 25.6. The molecule has 1 aliphatic heterocycles. The number of aliphatic hydroxyl groups is 1. The molecule has 15 heteroatoms. The van der Waals surface area contributed by atoms with E-state index in [0.717, 1.165) is 0 Å². The Morgan fingerprint density at radius 1 is 1.12 bits per heavy atom. The van der Waals surface area contributed by atoms with Gasteiger partial charge in [-0.1, -0.05) is 0 Å². The molecule has 6 rings (SSSR count). The number of pyridine rings is 2. The summed E-state index contributed by atoms with van der Waals surface area (Å²) in [5.41, 5.74) is 1.66. The van der Waals surface area contributed by atoms with Crippen LogP contribution in [0.2, 0.25) is 0 Å². The van der Waals surface area contributed by atoms with Gasteiger partial charge in [-0.25, -0.2) is 33.6 Å². The molecule has 1 aliphatic rings. The number of nitrogens with one attached hydrogen (secondary N) is 1. The van der Waals surface area contributed by atoms with Gasteiger partial charge in [-0.15, -0.1) is 0 Å². The smallest absolute Gasteiger partial charge is 0.407 e. The van der Waals surface area contributed by atoms with E-state index in [-0.39, 0.29) is 31.2 Å². The van der Waals surface area contributed by atoms with Gasteiger partial charge in [0.15, 0.2) is 11.5 Å². The van der Waals surface area contributed by atoms with Crippen LogP contribution in [0, 0.1) is 5.82 Å². The Morgan fingerprint density at radius 3 is 2.77 bits per heavy atom. The minimum atomic E-state index is -1.08. The Hall–Kier alpha value is -4.63. The number of nitrogens with zero attached hydrogens (tertiary/aromatic N) is 8. The van der Waals surface area contributed by atoms with Crippen molar-refractivity contribution in [3.8, 4) is 11.5 Å². The predicted octanol–water partition coefficient (Wildman–Crippen LogP) is 3.67. The topological polar surface area (TPSA) is 154 Å². The number of amides is 1. The zero-order chi connectivity index (χ0) is 27.8. The summed E-state index contributed by atoms with van der Waals surface area (Å²) in [5.74, 6) is 1.02. The third-order valence-corrected chi connectivity index (χ3v) is 7.05. The van der Waals surface area contributed by atoms with Crippen LogP contribution in [0.15, 0.2) is 59.7 Å². The standard InChI is InChI=1S/C25H21BrFN9O4/c26-17-9-20-22(33-24(17)34-5-6-35(25(38)39)14(10-34)11-37)23(30-12-28-20)32-19-2-1-15(7-18(19)27)40-16-3-4-36-21(8-16)29-13-31-36/h1-4,7-9,12-14,37H,5-6,10-11H2,(H,38,39)(H,28,30,32). The minimum absolute atomic E-state index is 0.155. The van der Waals surface area contributed by atoms with E-state index in [1.807, 2.05) is 4.90 Å². The lowest BCUT2D eigenvalue weighted by molar-refractivity contribution is 0.0909. The fraction of sp³-hybridized carbons (Fsp3) is 0.200. The summed E-state index contributed by atoms with van der Waals surface area (Å²) in [6.45, 7) is 0.501.